The van der Waals surface area contributed by atoms with E-state index < -0.39 is 0 Å². The zero-order chi connectivity index (χ0) is 12.3. The topological polar surface area (TPSA) is 67.2 Å². The molecule has 0 saturated heterocycles. The fourth-order valence-corrected chi connectivity index (χ4v) is 2.04. The standard InChI is InChI=1S/C13H19N3O/c1-13(6-3-7-13)9-15-12(17)16-11-5-2-4-10(14)8-11/h2,4-5,8H,3,6-7,9,14H2,1H3,(H2,15,16,17). The van der Waals surface area contributed by atoms with Crippen LogP contribution in [0.4, 0.5) is 16.2 Å². The Hall–Kier alpha value is -1.71. The average Bonchev–Trinajstić information content (AvgIpc) is 2.24. The van der Waals surface area contributed by atoms with Crippen LogP contribution in [0.25, 0.3) is 0 Å². The highest BCUT2D eigenvalue weighted by Crippen LogP contribution is 2.39. The number of hydrogen-bond donors (Lipinski definition) is 3. The second-order valence-electron chi connectivity index (χ2n) is 5.10. The van der Waals surface area contributed by atoms with Gasteiger partial charge in [-0.3, -0.25) is 0 Å². The van der Waals surface area contributed by atoms with Gasteiger partial charge >= 0.3 is 6.03 Å². The van der Waals surface area contributed by atoms with E-state index in [-0.39, 0.29) is 6.03 Å². The van der Waals surface area contributed by atoms with Crippen molar-refractivity contribution in [3.8, 4) is 0 Å². The fraction of sp³-hybridized carbons (Fsp3) is 0.462. The Morgan fingerprint density at radius 3 is 2.82 bits per heavy atom. The number of nitrogen functional groups attached to an aromatic ring is 1. The fourth-order valence-electron chi connectivity index (χ4n) is 2.04. The van der Waals surface area contributed by atoms with Crippen LogP contribution in [0.1, 0.15) is 26.2 Å². The normalized spacial score (nSPS) is 17.0. The van der Waals surface area contributed by atoms with E-state index in [1.165, 1.54) is 19.3 Å². The van der Waals surface area contributed by atoms with Crippen molar-refractivity contribution < 1.29 is 4.79 Å². The van der Waals surface area contributed by atoms with Crippen LogP contribution in [0.5, 0.6) is 0 Å². The Balaban J connectivity index is 1.81. The van der Waals surface area contributed by atoms with E-state index in [0.717, 1.165) is 12.2 Å². The first-order chi connectivity index (χ1) is 8.07. The Morgan fingerprint density at radius 1 is 1.47 bits per heavy atom. The molecule has 0 bridgehead atoms. The van der Waals surface area contributed by atoms with Gasteiger partial charge in [0.2, 0.25) is 0 Å². The van der Waals surface area contributed by atoms with Crippen LogP contribution in [0.15, 0.2) is 24.3 Å². The number of nitrogens with one attached hydrogen (secondary N) is 2. The van der Waals surface area contributed by atoms with Gasteiger partial charge in [-0.25, -0.2) is 4.79 Å². The molecule has 4 nitrogen and oxygen atoms in total. The van der Waals surface area contributed by atoms with Gasteiger partial charge in [0.05, 0.1) is 0 Å². The highest BCUT2D eigenvalue weighted by molar-refractivity contribution is 5.89. The number of anilines is 2. The molecule has 92 valence electrons. The molecule has 4 N–H and O–H groups in total. The van der Waals surface area contributed by atoms with Crippen LogP contribution >= 0.6 is 0 Å². The number of amides is 2. The molecule has 0 spiro atoms. The monoisotopic (exact) mass is 233 g/mol. The summed E-state index contributed by atoms with van der Waals surface area (Å²) in [4.78, 5) is 11.6. The summed E-state index contributed by atoms with van der Waals surface area (Å²) in [6.45, 7) is 2.94. The van der Waals surface area contributed by atoms with Crippen LogP contribution in [0.2, 0.25) is 0 Å². The maximum absolute atomic E-state index is 11.6. The Kier molecular flexibility index (Phi) is 3.22. The minimum atomic E-state index is -0.163. The number of urea groups is 1. The van der Waals surface area contributed by atoms with Gasteiger partial charge in [-0.05, 0) is 36.5 Å². The van der Waals surface area contributed by atoms with Gasteiger partial charge in [0.15, 0.2) is 0 Å². The van der Waals surface area contributed by atoms with E-state index in [9.17, 15) is 4.79 Å². The molecule has 4 heteroatoms. The number of rotatable bonds is 3. The SMILES string of the molecule is CC1(CNC(=O)Nc2cccc(N)c2)CCC1. The summed E-state index contributed by atoms with van der Waals surface area (Å²) in [5.74, 6) is 0. The third-order valence-electron chi connectivity index (χ3n) is 3.38. The number of carbonyl (C=O) groups excluding carboxylic acids is 1. The molecule has 2 rings (SSSR count). The van der Waals surface area contributed by atoms with Crippen LogP contribution < -0.4 is 16.4 Å². The smallest absolute Gasteiger partial charge is 0.319 e. The van der Waals surface area contributed by atoms with Gasteiger partial charge in [-0.1, -0.05) is 19.4 Å². The van der Waals surface area contributed by atoms with E-state index in [2.05, 4.69) is 17.6 Å². The molecular weight excluding hydrogens is 214 g/mol. The number of hydrogen-bond acceptors (Lipinski definition) is 2. The third kappa shape index (κ3) is 3.12. The maximum Gasteiger partial charge on any atom is 0.319 e. The van der Waals surface area contributed by atoms with Crippen molar-refractivity contribution in [3.05, 3.63) is 24.3 Å². The lowest BCUT2D eigenvalue weighted by atomic mass is 9.70. The molecule has 0 aromatic heterocycles. The molecule has 0 heterocycles. The van der Waals surface area contributed by atoms with Gasteiger partial charge in [-0.2, -0.15) is 0 Å². The third-order valence-corrected chi connectivity index (χ3v) is 3.38. The minimum Gasteiger partial charge on any atom is -0.399 e. The number of carbonyl (C=O) groups is 1. The van der Waals surface area contributed by atoms with Crippen molar-refractivity contribution in [2.45, 2.75) is 26.2 Å². The van der Waals surface area contributed by atoms with E-state index >= 15 is 0 Å². The van der Waals surface area contributed by atoms with E-state index in [0.29, 0.717) is 11.1 Å². The van der Waals surface area contributed by atoms with Crippen molar-refractivity contribution in [1.29, 1.82) is 0 Å². The molecule has 0 aliphatic heterocycles. The second-order valence-corrected chi connectivity index (χ2v) is 5.10. The summed E-state index contributed by atoms with van der Waals surface area (Å²) >= 11 is 0. The maximum atomic E-state index is 11.6. The predicted molar refractivity (Wildman–Crippen MR) is 69.8 cm³/mol. The molecule has 1 fully saturated rings. The van der Waals surface area contributed by atoms with E-state index in [1.54, 1.807) is 12.1 Å². The first-order valence-corrected chi connectivity index (χ1v) is 5.98. The van der Waals surface area contributed by atoms with Crippen molar-refractivity contribution in [3.63, 3.8) is 0 Å². The van der Waals surface area contributed by atoms with Crippen LogP contribution in [-0.4, -0.2) is 12.6 Å². The molecule has 1 saturated carbocycles. The van der Waals surface area contributed by atoms with Crippen LogP contribution in [0, 0.1) is 5.41 Å². The lowest BCUT2D eigenvalue weighted by Crippen LogP contribution is -2.41. The molecule has 1 aliphatic carbocycles. The molecule has 0 radical (unpaired) electrons. The van der Waals surface area contributed by atoms with Gasteiger partial charge in [0, 0.05) is 17.9 Å². The quantitative estimate of drug-likeness (QED) is 0.702. The molecule has 1 aromatic rings. The van der Waals surface area contributed by atoms with Gasteiger partial charge < -0.3 is 16.4 Å². The van der Waals surface area contributed by atoms with Crippen molar-refractivity contribution in [2.75, 3.05) is 17.6 Å². The summed E-state index contributed by atoms with van der Waals surface area (Å²) in [6, 6.07) is 7.01. The molecule has 0 atom stereocenters. The molecule has 1 aliphatic rings. The molecule has 1 aromatic carbocycles. The lowest BCUT2D eigenvalue weighted by Gasteiger charge is -2.38. The van der Waals surface area contributed by atoms with Crippen LogP contribution in [0.3, 0.4) is 0 Å². The van der Waals surface area contributed by atoms with Crippen molar-refractivity contribution in [1.82, 2.24) is 5.32 Å². The molecule has 2 amide bonds. The average molecular weight is 233 g/mol. The molecule has 0 unspecified atom stereocenters. The summed E-state index contributed by atoms with van der Waals surface area (Å²) in [6.07, 6.45) is 3.67. The highest BCUT2D eigenvalue weighted by atomic mass is 16.2. The van der Waals surface area contributed by atoms with Gasteiger partial charge in [0.25, 0.3) is 0 Å². The Labute approximate surface area is 102 Å². The zero-order valence-corrected chi connectivity index (χ0v) is 10.1. The molecule has 17 heavy (non-hydrogen) atoms. The van der Waals surface area contributed by atoms with E-state index in [1.807, 2.05) is 12.1 Å². The summed E-state index contributed by atoms with van der Waals surface area (Å²) in [7, 11) is 0. The summed E-state index contributed by atoms with van der Waals surface area (Å²) in [5.41, 5.74) is 7.31. The highest BCUT2D eigenvalue weighted by Gasteiger charge is 2.31. The van der Waals surface area contributed by atoms with E-state index in [4.69, 9.17) is 5.73 Å². The Bertz CT molecular complexity index is 413. The zero-order valence-electron chi connectivity index (χ0n) is 10.1. The predicted octanol–water partition coefficient (Wildman–Crippen LogP) is 2.58. The van der Waals surface area contributed by atoms with Crippen LogP contribution in [-0.2, 0) is 0 Å². The lowest BCUT2D eigenvalue weighted by molar-refractivity contribution is 0.159. The molecular formula is C13H19N3O. The largest absolute Gasteiger partial charge is 0.399 e. The summed E-state index contributed by atoms with van der Waals surface area (Å²) < 4.78 is 0. The first-order valence-electron chi connectivity index (χ1n) is 5.98. The van der Waals surface area contributed by atoms with Crippen molar-refractivity contribution in [2.24, 2.45) is 5.41 Å². The van der Waals surface area contributed by atoms with Crippen molar-refractivity contribution >= 4 is 17.4 Å². The number of benzene rings is 1. The summed E-state index contributed by atoms with van der Waals surface area (Å²) in [5, 5.41) is 5.68. The Morgan fingerprint density at radius 2 is 2.24 bits per heavy atom. The second kappa shape index (κ2) is 4.65. The first kappa shape index (κ1) is 11.8. The van der Waals surface area contributed by atoms with Gasteiger partial charge in [0.1, 0.15) is 0 Å². The van der Waals surface area contributed by atoms with Gasteiger partial charge in [-0.15, -0.1) is 0 Å². The minimum absolute atomic E-state index is 0.163. The number of nitrogens with two attached hydrogens (primary N) is 1.